The number of nitrogens with one attached hydrogen (secondary N) is 3. The number of fused-ring (bicyclic) bond motifs is 1. The van der Waals surface area contributed by atoms with Crippen molar-refractivity contribution < 1.29 is 4.79 Å². The van der Waals surface area contributed by atoms with Crippen molar-refractivity contribution in [2.24, 2.45) is 5.92 Å². The topological polar surface area (TPSA) is 69.8 Å². The molecule has 3 aromatic rings. The molecule has 0 unspecified atom stereocenters. The summed E-state index contributed by atoms with van der Waals surface area (Å²) in [5.74, 6) is 0.599. The van der Waals surface area contributed by atoms with Crippen LogP contribution >= 0.6 is 23.2 Å². The van der Waals surface area contributed by atoms with Crippen LogP contribution in [0.15, 0.2) is 36.4 Å². The molecule has 3 N–H and O–H groups in total. The molecule has 146 valence electrons. The molecule has 1 amide bonds. The van der Waals surface area contributed by atoms with Crippen LogP contribution in [0.5, 0.6) is 0 Å². The van der Waals surface area contributed by atoms with E-state index in [-0.39, 0.29) is 11.8 Å². The van der Waals surface area contributed by atoms with E-state index >= 15 is 0 Å². The number of aromatic amines is 1. The molecule has 1 fully saturated rings. The summed E-state index contributed by atoms with van der Waals surface area (Å²) < 4.78 is 0. The fourth-order valence-corrected chi connectivity index (χ4v) is 4.52. The Balaban J connectivity index is 1.59. The minimum Gasteiger partial charge on any atom is -0.317 e. The molecule has 4 rings (SSSR count). The summed E-state index contributed by atoms with van der Waals surface area (Å²) in [6, 6.07) is 11.8. The Labute approximate surface area is 173 Å². The van der Waals surface area contributed by atoms with Gasteiger partial charge in [-0.15, -0.1) is 0 Å². The first-order valence-corrected chi connectivity index (χ1v) is 10.2. The van der Waals surface area contributed by atoms with E-state index in [1.54, 1.807) is 0 Å². The Hall–Kier alpha value is -2.08. The maximum atomic E-state index is 12.7. The number of rotatable bonds is 4. The van der Waals surface area contributed by atoms with Crippen molar-refractivity contribution in [3.05, 3.63) is 46.4 Å². The van der Waals surface area contributed by atoms with E-state index in [4.69, 9.17) is 23.2 Å². The average Bonchev–Trinajstić information content (AvgIpc) is 3.10. The van der Waals surface area contributed by atoms with Gasteiger partial charge in [-0.25, -0.2) is 0 Å². The fraction of sp³-hybridized carbons (Fsp3) is 0.333. The van der Waals surface area contributed by atoms with E-state index in [0.717, 1.165) is 47.7 Å². The highest BCUT2D eigenvalue weighted by atomic mass is 35.5. The Kier molecular flexibility index (Phi) is 5.58. The summed E-state index contributed by atoms with van der Waals surface area (Å²) in [4.78, 5) is 12.7. The van der Waals surface area contributed by atoms with Crippen LogP contribution in [0.25, 0.3) is 22.0 Å². The van der Waals surface area contributed by atoms with Crippen LogP contribution in [0.1, 0.15) is 25.7 Å². The van der Waals surface area contributed by atoms with Crippen molar-refractivity contribution >= 4 is 45.8 Å². The molecule has 0 saturated heterocycles. The summed E-state index contributed by atoms with van der Waals surface area (Å²) in [6.07, 6.45) is 3.82. The van der Waals surface area contributed by atoms with Gasteiger partial charge in [-0.3, -0.25) is 9.89 Å². The van der Waals surface area contributed by atoms with Crippen molar-refractivity contribution in [3.8, 4) is 11.1 Å². The van der Waals surface area contributed by atoms with E-state index in [0.29, 0.717) is 21.9 Å². The Morgan fingerprint density at radius 1 is 1.11 bits per heavy atom. The van der Waals surface area contributed by atoms with Gasteiger partial charge in [0.15, 0.2) is 5.82 Å². The second kappa shape index (κ2) is 8.11. The minimum absolute atomic E-state index is 0.0255. The molecule has 0 aliphatic heterocycles. The molecule has 7 heteroatoms. The van der Waals surface area contributed by atoms with Crippen LogP contribution in [-0.2, 0) is 4.79 Å². The molecule has 2 aromatic carbocycles. The van der Waals surface area contributed by atoms with E-state index in [1.807, 2.05) is 43.4 Å². The molecule has 5 nitrogen and oxygen atoms in total. The highest BCUT2D eigenvalue weighted by Crippen LogP contribution is 2.37. The first kappa shape index (κ1) is 19.2. The predicted molar refractivity (Wildman–Crippen MR) is 115 cm³/mol. The van der Waals surface area contributed by atoms with E-state index in [2.05, 4.69) is 20.8 Å². The maximum Gasteiger partial charge on any atom is 0.228 e. The van der Waals surface area contributed by atoms with Gasteiger partial charge in [0.25, 0.3) is 0 Å². The first-order chi connectivity index (χ1) is 13.6. The van der Waals surface area contributed by atoms with Gasteiger partial charge in [-0.05, 0) is 62.6 Å². The SMILES string of the molecule is CNC1CCC(C(=O)Nc2n[nH]c3ccc(-c4c(Cl)cccc4Cl)cc23)CC1. The number of H-pyrrole nitrogens is 1. The van der Waals surface area contributed by atoms with Crippen LogP contribution in [-0.4, -0.2) is 29.2 Å². The highest BCUT2D eigenvalue weighted by Gasteiger charge is 2.26. The highest BCUT2D eigenvalue weighted by molar-refractivity contribution is 6.39. The molecule has 1 aliphatic rings. The summed E-state index contributed by atoms with van der Waals surface area (Å²) in [5, 5.41) is 15.6. The molecule has 0 bridgehead atoms. The summed E-state index contributed by atoms with van der Waals surface area (Å²) in [7, 11) is 1.98. The van der Waals surface area contributed by atoms with Crippen molar-refractivity contribution in [3.63, 3.8) is 0 Å². The molecule has 1 heterocycles. The summed E-state index contributed by atoms with van der Waals surface area (Å²) in [5.41, 5.74) is 2.51. The lowest BCUT2D eigenvalue weighted by atomic mass is 9.85. The molecule has 28 heavy (non-hydrogen) atoms. The Morgan fingerprint density at radius 2 is 1.82 bits per heavy atom. The number of hydrogen-bond acceptors (Lipinski definition) is 3. The van der Waals surface area contributed by atoms with Crippen molar-refractivity contribution in [1.29, 1.82) is 0 Å². The number of aromatic nitrogens is 2. The van der Waals surface area contributed by atoms with Crippen LogP contribution in [0.2, 0.25) is 10.0 Å². The number of carbonyl (C=O) groups is 1. The van der Waals surface area contributed by atoms with Gasteiger partial charge in [0, 0.05) is 33.0 Å². The predicted octanol–water partition coefficient (Wildman–Crippen LogP) is 5.25. The molecule has 1 saturated carbocycles. The molecule has 0 spiro atoms. The minimum atomic E-state index is 0.0255. The third-order valence-electron chi connectivity index (χ3n) is 5.56. The monoisotopic (exact) mass is 416 g/mol. The van der Waals surface area contributed by atoms with Gasteiger partial charge < -0.3 is 10.6 Å². The molecule has 1 aliphatic carbocycles. The van der Waals surface area contributed by atoms with E-state index < -0.39 is 0 Å². The smallest absolute Gasteiger partial charge is 0.228 e. The molecule has 0 radical (unpaired) electrons. The van der Waals surface area contributed by atoms with Crippen molar-refractivity contribution in [1.82, 2.24) is 15.5 Å². The number of nitrogens with zero attached hydrogens (tertiary/aromatic N) is 1. The molecular weight excluding hydrogens is 395 g/mol. The second-order valence-corrected chi connectivity index (χ2v) is 8.07. The third-order valence-corrected chi connectivity index (χ3v) is 6.19. The van der Waals surface area contributed by atoms with Gasteiger partial charge in [0.1, 0.15) is 0 Å². The first-order valence-electron chi connectivity index (χ1n) is 9.47. The van der Waals surface area contributed by atoms with Crippen LogP contribution in [0.4, 0.5) is 5.82 Å². The zero-order valence-corrected chi connectivity index (χ0v) is 17.1. The van der Waals surface area contributed by atoms with E-state index in [1.165, 1.54) is 0 Å². The van der Waals surface area contributed by atoms with Gasteiger partial charge >= 0.3 is 0 Å². The van der Waals surface area contributed by atoms with Gasteiger partial charge in [-0.1, -0.05) is 35.3 Å². The number of hydrogen-bond donors (Lipinski definition) is 3. The lowest BCUT2D eigenvalue weighted by Gasteiger charge is -2.27. The normalized spacial score (nSPS) is 19.7. The second-order valence-electron chi connectivity index (χ2n) is 7.26. The largest absolute Gasteiger partial charge is 0.317 e. The van der Waals surface area contributed by atoms with E-state index in [9.17, 15) is 4.79 Å². The fourth-order valence-electron chi connectivity index (χ4n) is 3.90. The third kappa shape index (κ3) is 3.75. The van der Waals surface area contributed by atoms with Crippen LogP contribution in [0, 0.1) is 5.92 Å². The average molecular weight is 417 g/mol. The molecular formula is C21H22Cl2N4O. The molecule has 0 atom stereocenters. The number of benzene rings is 2. The lowest BCUT2D eigenvalue weighted by Crippen LogP contribution is -2.34. The van der Waals surface area contributed by atoms with Crippen molar-refractivity contribution in [2.45, 2.75) is 31.7 Å². The van der Waals surface area contributed by atoms with Gasteiger partial charge in [0.05, 0.1) is 5.52 Å². The number of amides is 1. The zero-order valence-electron chi connectivity index (χ0n) is 15.6. The maximum absolute atomic E-state index is 12.7. The Morgan fingerprint density at radius 3 is 2.50 bits per heavy atom. The summed E-state index contributed by atoms with van der Waals surface area (Å²) in [6.45, 7) is 0. The van der Waals surface area contributed by atoms with Crippen molar-refractivity contribution in [2.75, 3.05) is 12.4 Å². The van der Waals surface area contributed by atoms with Gasteiger partial charge in [0.2, 0.25) is 5.91 Å². The van der Waals surface area contributed by atoms with Crippen LogP contribution < -0.4 is 10.6 Å². The van der Waals surface area contributed by atoms with Gasteiger partial charge in [-0.2, -0.15) is 5.10 Å². The summed E-state index contributed by atoms with van der Waals surface area (Å²) >= 11 is 12.7. The number of carbonyl (C=O) groups excluding carboxylic acids is 1. The lowest BCUT2D eigenvalue weighted by molar-refractivity contribution is -0.120. The Bertz CT molecular complexity index is 989. The van der Waals surface area contributed by atoms with Crippen LogP contribution in [0.3, 0.4) is 0 Å². The standard InChI is InChI=1S/C21H22Cl2N4O/c1-24-14-8-5-12(6-9-14)21(28)25-20-15-11-13(7-10-18(15)26-27-20)19-16(22)3-2-4-17(19)23/h2-4,7,10-12,14,24H,5-6,8-9H2,1H3,(H2,25,26,27,28). The zero-order chi connectivity index (χ0) is 19.7. The number of anilines is 1. The quantitative estimate of drug-likeness (QED) is 0.543. The molecule has 1 aromatic heterocycles. The number of halogens is 2.